The Morgan fingerprint density at radius 2 is 2.17 bits per heavy atom. The van der Waals surface area contributed by atoms with Crippen molar-refractivity contribution in [2.24, 2.45) is 0 Å². The van der Waals surface area contributed by atoms with E-state index in [4.69, 9.17) is 0 Å². The van der Waals surface area contributed by atoms with Crippen molar-refractivity contribution in [1.29, 1.82) is 0 Å². The second-order valence-electron chi connectivity index (χ2n) is 5.25. The summed E-state index contributed by atoms with van der Waals surface area (Å²) in [6.45, 7) is 4.60. The molecule has 1 aromatic rings. The quantitative estimate of drug-likeness (QED) is 0.829. The summed E-state index contributed by atoms with van der Waals surface area (Å²) in [6, 6.07) is 3.62. The summed E-state index contributed by atoms with van der Waals surface area (Å²) in [5.41, 5.74) is 1.63. The van der Waals surface area contributed by atoms with Crippen molar-refractivity contribution in [2.75, 3.05) is 12.0 Å². The van der Waals surface area contributed by atoms with Crippen LogP contribution in [0.5, 0.6) is 0 Å². The molecule has 0 saturated carbocycles. The Balaban J connectivity index is 1.99. The maximum atomic E-state index is 3.78. The third kappa shape index (κ3) is 3.52. The Hall–Kier alpha value is 0.01000. The molecule has 0 spiro atoms. The first-order valence-electron chi connectivity index (χ1n) is 7.11. The van der Waals surface area contributed by atoms with E-state index in [0.717, 1.165) is 0 Å². The first-order valence-corrected chi connectivity index (χ1v) is 9.32. The third-order valence-corrected chi connectivity index (χ3v) is 5.94. The zero-order valence-corrected chi connectivity index (χ0v) is 13.4. The first kappa shape index (κ1) is 14.4. The highest BCUT2D eigenvalue weighted by atomic mass is 32.2. The number of rotatable bonds is 6. The van der Waals surface area contributed by atoms with Crippen LogP contribution in [0.25, 0.3) is 0 Å². The van der Waals surface area contributed by atoms with Crippen molar-refractivity contribution in [2.45, 2.75) is 58.0 Å². The smallest absolute Gasteiger partial charge is 0.0388 e. The van der Waals surface area contributed by atoms with Crippen molar-refractivity contribution < 1.29 is 0 Å². The van der Waals surface area contributed by atoms with Crippen LogP contribution in [-0.2, 0) is 12.8 Å². The van der Waals surface area contributed by atoms with E-state index in [1.165, 1.54) is 37.9 Å². The number of thiophene rings is 1. The van der Waals surface area contributed by atoms with Crippen molar-refractivity contribution in [3.63, 3.8) is 0 Å². The fraction of sp³-hybridized carbons (Fsp3) is 0.733. The zero-order chi connectivity index (χ0) is 13.0. The molecule has 1 aliphatic rings. The molecule has 0 saturated heterocycles. The Labute approximate surface area is 120 Å². The van der Waals surface area contributed by atoms with Crippen molar-refractivity contribution >= 4 is 23.1 Å². The molecule has 2 unspecified atom stereocenters. The normalized spacial score (nSPS) is 18.4. The average molecular weight is 284 g/mol. The van der Waals surface area contributed by atoms with Gasteiger partial charge in [0.25, 0.3) is 0 Å². The highest BCUT2D eigenvalue weighted by Crippen LogP contribution is 2.33. The number of thioether (sulfide) groups is 1. The van der Waals surface area contributed by atoms with Gasteiger partial charge in [0.15, 0.2) is 0 Å². The van der Waals surface area contributed by atoms with Gasteiger partial charge in [-0.1, -0.05) is 6.92 Å². The van der Waals surface area contributed by atoms with Gasteiger partial charge >= 0.3 is 0 Å². The Kier molecular flexibility index (Phi) is 5.58. The van der Waals surface area contributed by atoms with Crippen LogP contribution in [0.2, 0.25) is 0 Å². The van der Waals surface area contributed by atoms with Gasteiger partial charge < -0.3 is 5.32 Å². The molecule has 0 amide bonds. The molecule has 0 radical (unpaired) electrons. The van der Waals surface area contributed by atoms with E-state index in [2.05, 4.69) is 31.5 Å². The number of hydrogen-bond donors (Lipinski definition) is 1. The van der Waals surface area contributed by atoms with Crippen LogP contribution >= 0.6 is 23.1 Å². The lowest BCUT2D eigenvalue weighted by Gasteiger charge is -2.20. The van der Waals surface area contributed by atoms with Crippen LogP contribution in [0, 0.1) is 0 Å². The standard InChI is InChI=1S/C15H25NS2/c1-4-13(10-17-3)16-11(2)15-9-12-7-5-6-8-14(12)18-15/h9,11,13,16H,4-8,10H2,1-3H3. The molecule has 2 rings (SSSR count). The van der Waals surface area contributed by atoms with Gasteiger partial charge in [-0.3, -0.25) is 0 Å². The van der Waals surface area contributed by atoms with E-state index in [0.29, 0.717) is 12.1 Å². The van der Waals surface area contributed by atoms with Crippen LogP contribution in [0.3, 0.4) is 0 Å². The predicted octanol–water partition coefficient (Wildman–Crippen LogP) is 4.42. The van der Waals surface area contributed by atoms with Crippen LogP contribution < -0.4 is 5.32 Å². The molecule has 3 heteroatoms. The Morgan fingerprint density at radius 1 is 1.39 bits per heavy atom. The summed E-state index contributed by atoms with van der Waals surface area (Å²) in [4.78, 5) is 3.20. The topological polar surface area (TPSA) is 12.0 Å². The molecule has 1 aliphatic carbocycles. The lowest BCUT2D eigenvalue weighted by Crippen LogP contribution is -2.32. The SMILES string of the molecule is CCC(CSC)NC(C)c1cc2c(s1)CCCC2. The second kappa shape index (κ2) is 6.97. The highest BCUT2D eigenvalue weighted by Gasteiger charge is 2.18. The highest BCUT2D eigenvalue weighted by molar-refractivity contribution is 7.98. The molecule has 102 valence electrons. The van der Waals surface area contributed by atoms with Crippen molar-refractivity contribution in [3.8, 4) is 0 Å². The fourth-order valence-electron chi connectivity index (χ4n) is 2.65. The van der Waals surface area contributed by atoms with Gasteiger partial charge in [0.05, 0.1) is 0 Å². The monoisotopic (exact) mass is 283 g/mol. The molecule has 18 heavy (non-hydrogen) atoms. The molecule has 0 bridgehead atoms. The molecule has 1 aromatic heterocycles. The summed E-state index contributed by atoms with van der Waals surface area (Å²) in [5, 5.41) is 3.78. The molecular weight excluding hydrogens is 258 g/mol. The summed E-state index contributed by atoms with van der Waals surface area (Å²) < 4.78 is 0. The minimum absolute atomic E-state index is 0.512. The van der Waals surface area contributed by atoms with Crippen molar-refractivity contribution in [3.05, 3.63) is 21.4 Å². The second-order valence-corrected chi connectivity index (χ2v) is 7.33. The number of aryl methyl sites for hydroxylation is 2. The van der Waals surface area contributed by atoms with Crippen molar-refractivity contribution in [1.82, 2.24) is 5.32 Å². The molecule has 1 nitrogen and oxygen atoms in total. The Morgan fingerprint density at radius 3 is 2.83 bits per heavy atom. The number of fused-ring (bicyclic) bond motifs is 1. The van der Waals surface area contributed by atoms with Crippen LogP contribution in [0.15, 0.2) is 6.07 Å². The summed E-state index contributed by atoms with van der Waals surface area (Å²) in [7, 11) is 0. The summed E-state index contributed by atoms with van der Waals surface area (Å²) >= 11 is 3.98. The van der Waals surface area contributed by atoms with Crippen LogP contribution in [0.4, 0.5) is 0 Å². The lowest BCUT2D eigenvalue weighted by atomic mass is 9.99. The fourth-order valence-corrected chi connectivity index (χ4v) is 4.65. The van der Waals surface area contributed by atoms with E-state index < -0.39 is 0 Å². The van der Waals surface area contributed by atoms with Gasteiger partial charge in [-0.2, -0.15) is 11.8 Å². The van der Waals surface area contributed by atoms with Gasteiger partial charge in [-0.15, -0.1) is 11.3 Å². The van der Waals surface area contributed by atoms with Crippen LogP contribution in [0.1, 0.15) is 54.5 Å². The molecule has 2 atom stereocenters. The largest absolute Gasteiger partial charge is 0.306 e. The van der Waals surface area contributed by atoms with E-state index in [9.17, 15) is 0 Å². The number of hydrogen-bond acceptors (Lipinski definition) is 3. The van der Waals surface area contributed by atoms with E-state index in [1.54, 1.807) is 15.3 Å². The maximum Gasteiger partial charge on any atom is 0.0388 e. The van der Waals surface area contributed by atoms with E-state index in [1.807, 2.05) is 23.1 Å². The predicted molar refractivity (Wildman–Crippen MR) is 85.0 cm³/mol. The van der Waals surface area contributed by atoms with Gasteiger partial charge in [0.2, 0.25) is 0 Å². The molecule has 1 heterocycles. The maximum absolute atomic E-state index is 3.78. The summed E-state index contributed by atoms with van der Waals surface area (Å²) in [5.74, 6) is 1.21. The van der Waals surface area contributed by atoms with E-state index >= 15 is 0 Å². The first-order chi connectivity index (χ1) is 8.74. The van der Waals surface area contributed by atoms with Crippen LogP contribution in [-0.4, -0.2) is 18.1 Å². The average Bonchev–Trinajstić information content (AvgIpc) is 2.82. The van der Waals surface area contributed by atoms with Gasteiger partial charge in [-0.05, 0) is 56.9 Å². The molecule has 0 aliphatic heterocycles. The zero-order valence-electron chi connectivity index (χ0n) is 11.8. The minimum atomic E-state index is 0.512. The van der Waals surface area contributed by atoms with E-state index in [-0.39, 0.29) is 0 Å². The summed E-state index contributed by atoms with van der Waals surface area (Å²) in [6.07, 6.45) is 8.80. The third-order valence-electron chi connectivity index (χ3n) is 3.79. The Bertz CT molecular complexity index is 349. The molecular formula is C15H25NS2. The molecule has 0 aromatic carbocycles. The lowest BCUT2D eigenvalue weighted by molar-refractivity contribution is 0.479. The van der Waals surface area contributed by atoms with Gasteiger partial charge in [0, 0.05) is 27.6 Å². The van der Waals surface area contributed by atoms with Gasteiger partial charge in [0.1, 0.15) is 0 Å². The van der Waals surface area contributed by atoms with Gasteiger partial charge in [-0.25, -0.2) is 0 Å². The molecule has 0 fully saturated rings. The molecule has 1 N–H and O–H groups in total. The minimum Gasteiger partial charge on any atom is -0.306 e. The number of nitrogens with one attached hydrogen (secondary N) is 1.